The zero-order valence-electron chi connectivity index (χ0n) is 16.7. The van der Waals surface area contributed by atoms with Gasteiger partial charge in [-0.3, -0.25) is 19.4 Å². The highest BCUT2D eigenvalue weighted by Gasteiger charge is 2.54. The Morgan fingerprint density at radius 3 is 2.76 bits per heavy atom. The van der Waals surface area contributed by atoms with Crippen molar-refractivity contribution in [2.24, 2.45) is 4.99 Å². The number of carbonyl (C=O) groups excluding carboxylic acids is 3. The number of ether oxygens (including phenoxy) is 1. The summed E-state index contributed by atoms with van der Waals surface area (Å²) in [6.45, 7) is 4.29. The Kier molecular flexibility index (Phi) is 4.48. The molecule has 1 saturated heterocycles. The van der Waals surface area contributed by atoms with Gasteiger partial charge in [-0.1, -0.05) is 4.99 Å². The summed E-state index contributed by atoms with van der Waals surface area (Å²) in [6, 6.07) is 2.43. The number of fused-ring (bicyclic) bond motifs is 3. The molecule has 152 valence electrons. The maximum atomic E-state index is 13.2. The van der Waals surface area contributed by atoms with Gasteiger partial charge in [0.1, 0.15) is 23.7 Å². The number of aromatic nitrogens is 2. The van der Waals surface area contributed by atoms with Crippen LogP contribution in [-0.2, 0) is 20.9 Å². The van der Waals surface area contributed by atoms with Gasteiger partial charge in [0, 0.05) is 13.6 Å². The average molecular weight is 400 g/mol. The van der Waals surface area contributed by atoms with E-state index in [9.17, 15) is 14.4 Å². The van der Waals surface area contributed by atoms with Crippen LogP contribution in [0.3, 0.4) is 0 Å². The SMILES string of the molecule is COC(=O)CCN1C(=O)C2C(=Nc3n2c(C)c(C)[n+]3Cc2ccco2)N(C)C1=O. The highest BCUT2D eigenvalue weighted by Crippen LogP contribution is 2.35. The Hall–Kier alpha value is -3.43. The summed E-state index contributed by atoms with van der Waals surface area (Å²) in [6.07, 6.45) is 1.55. The molecule has 1 fully saturated rings. The van der Waals surface area contributed by atoms with E-state index in [1.807, 2.05) is 35.1 Å². The molecule has 0 saturated carbocycles. The maximum absolute atomic E-state index is 13.2. The number of methoxy groups -OCH3 is 1. The van der Waals surface area contributed by atoms with Gasteiger partial charge in [0.15, 0.2) is 0 Å². The Morgan fingerprint density at radius 2 is 2.10 bits per heavy atom. The van der Waals surface area contributed by atoms with E-state index in [2.05, 4.69) is 9.73 Å². The van der Waals surface area contributed by atoms with Crippen LogP contribution < -0.4 is 4.57 Å². The number of nitrogens with zero attached hydrogens (tertiary/aromatic N) is 5. The van der Waals surface area contributed by atoms with Crippen LogP contribution in [0.1, 0.15) is 29.6 Å². The van der Waals surface area contributed by atoms with Crippen molar-refractivity contribution in [2.45, 2.75) is 32.9 Å². The lowest BCUT2D eigenvalue weighted by molar-refractivity contribution is -0.682. The van der Waals surface area contributed by atoms with E-state index >= 15 is 0 Å². The summed E-state index contributed by atoms with van der Waals surface area (Å²) >= 11 is 0. The van der Waals surface area contributed by atoms with Crippen LogP contribution in [0.5, 0.6) is 0 Å². The largest absolute Gasteiger partial charge is 0.469 e. The van der Waals surface area contributed by atoms with Gasteiger partial charge in [-0.15, -0.1) is 0 Å². The number of urea groups is 1. The van der Waals surface area contributed by atoms with Gasteiger partial charge >= 0.3 is 17.9 Å². The quantitative estimate of drug-likeness (QED) is 0.552. The number of hydrogen-bond acceptors (Lipinski definition) is 6. The third-order valence-electron chi connectivity index (χ3n) is 5.49. The monoisotopic (exact) mass is 400 g/mol. The number of carbonyl (C=O) groups is 3. The number of aliphatic imine (C=N–C) groups is 1. The third-order valence-corrected chi connectivity index (χ3v) is 5.49. The lowest BCUT2D eigenvalue weighted by Crippen LogP contribution is -2.58. The van der Waals surface area contributed by atoms with Gasteiger partial charge in [-0.25, -0.2) is 13.9 Å². The number of esters is 1. The summed E-state index contributed by atoms with van der Waals surface area (Å²) in [5.74, 6) is 0.832. The zero-order chi connectivity index (χ0) is 20.9. The van der Waals surface area contributed by atoms with Crippen LogP contribution in [0.4, 0.5) is 10.7 Å². The van der Waals surface area contributed by atoms with Crippen molar-refractivity contribution in [3.8, 4) is 0 Å². The van der Waals surface area contributed by atoms with Crippen molar-refractivity contribution < 1.29 is 28.1 Å². The highest BCUT2D eigenvalue weighted by molar-refractivity contribution is 6.20. The number of hydrogen-bond donors (Lipinski definition) is 0. The predicted molar refractivity (Wildman–Crippen MR) is 99.5 cm³/mol. The normalized spacial score (nSPS) is 18.1. The van der Waals surface area contributed by atoms with Gasteiger partial charge in [0.2, 0.25) is 11.9 Å². The minimum atomic E-state index is -0.748. The molecule has 2 aliphatic rings. The number of imide groups is 1. The van der Waals surface area contributed by atoms with E-state index in [0.717, 1.165) is 22.0 Å². The molecule has 0 aliphatic carbocycles. The molecule has 10 nitrogen and oxygen atoms in total. The smallest absolute Gasteiger partial charge is 0.402 e. The van der Waals surface area contributed by atoms with Crippen molar-refractivity contribution in [1.82, 2.24) is 14.4 Å². The van der Waals surface area contributed by atoms with E-state index in [4.69, 9.17) is 4.42 Å². The topological polar surface area (TPSA) is 101 Å². The molecular weight excluding hydrogens is 378 g/mol. The fraction of sp³-hybridized carbons (Fsp3) is 0.421. The number of imidazole rings is 1. The zero-order valence-corrected chi connectivity index (χ0v) is 16.7. The summed E-state index contributed by atoms with van der Waals surface area (Å²) in [5, 5.41) is 0. The molecular formula is C19H22N5O5+. The first-order valence-corrected chi connectivity index (χ1v) is 9.23. The van der Waals surface area contributed by atoms with Crippen molar-refractivity contribution in [3.63, 3.8) is 0 Å². The third kappa shape index (κ3) is 2.82. The van der Waals surface area contributed by atoms with Crippen LogP contribution in [0, 0.1) is 13.8 Å². The van der Waals surface area contributed by atoms with Crippen LogP contribution in [0.15, 0.2) is 27.8 Å². The van der Waals surface area contributed by atoms with Gasteiger partial charge in [-0.05, 0) is 26.0 Å². The summed E-state index contributed by atoms with van der Waals surface area (Å²) in [4.78, 5) is 44.5. The van der Waals surface area contributed by atoms with Crippen molar-refractivity contribution in [1.29, 1.82) is 0 Å². The molecule has 0 bridgehead atoms. The molecule has 1 atom stereocenters. The summed E-state index contributed by atoms with van der Waals surface area (Å²) in [7, 11) is 2.85. The number of amides is 3. The molecule has 1 unspecified atom stereocenters. The van der Waals surface area contributed by atoms with Gasteiger partial charge in [-0.2, -0.15) is 0 Å². The van der Waals surface area contributed by atoms with Gasteiger partial charge in [0.05, 0.1) is 19.8 Å². The number of rotatable bonds is 5. The molecule has 0 spiro atoms. The first-order valence-electron chi connectivity index (χ1n) is 9.23. The molecule has 3 amide bonds. The fourth-order valence-electron chi connectivity index (χ4n) is 3.76. The molecule has 2 aromatic heterocycles. The van der Waals surface area contributed by atoms with E-state index in [1.54, 1.807) is 13.3 Å². The lowest BCUT2D eigenvalue weighted by Gasteiger charge is -2.33. The molecule has 4 rings (SSSR count). The first-order chi connectivity index (χ1) is 13.8. The van der Waals surface area contributed by atoms with E-state index in [-0.39, 0.29) is 13.0 Å². The van der Waals surface area contributed by atoms with Gasteiger partial charge < -0.3 is 9.15 Å². The van der Waals surface area contributed by atoms with Crippen LogP contribution in [-0.4, -0.2) is 58.8 Å². The van der Waals surface area contributed by atoms with E-state index in [0.29, 0.717) is 18.3 Å². The molecule has 10 heteroatoms. The van der Waals surface area contributed by atoms with Crippen LogP contribution in [0.2, 0.25) is 0 Å². The highest BCUT2D eigenvalue weighted by atomic mass is 16.5. The van der Waals surface area contributed by atoms with E-state index in [1.165, 1.54) is 12.0 Å². The van der Waals surface area contributed by atoms with Crippen LogP contribution >= 0.6 is 0 Å². The summed E-state index contributed by atoms with van der Waals surface area (Å²) < 4.78 is 13.9. The van der Waals surface area contributed by atoms with Crippen molar-refractivity contribution in [3.05, 3.63) is 35.5 Å². The summed E-state index contributed by atoms with van der Waals surface area (Å²) in [5.41, 5.74) is 1.83. The molecule has 29 heavy (non-hydrogen) atoms. The molecule has 2 aromatic rings. The Labute approximate surface area is 167 Å². The molecule has 4 heterocycles. The first kappa shape index (κ1) is 18.9. The number of likely N-dealkylation sites (N-methyl/N-ethyl adjacent to an activating group) is 1. The lowest BCUT2D eigenvalue weighted by atomic mass is 10.1. The van der Waals surface area contributed by atoms with Gasteiger partial charge in [0.25, 0.3) is 5.91 Å². The predicted octanol–water partition coefficient (Wildman–Crippen LogP) is 1.08. The van der Waals surface area contributed by atoms with Crippen molar-refractivity contribution >= 4 is 29.7 Å². The number of amidine groups is 1. The molecule has 0 aromatic carbocycles. The minimum absolute atomic E-state index is 0.0422. The Morgan fingerprint density at radius 1 is 1.34 bits per heavy atom. The minimum Gasteiger partial charge on any atom is -0.469 e. The Balaban J connectivity index is 1.73. The average Bonchev–Trinajstić information content (AvgIpc) is 3.40. The van der Waals surface area contributed by atoms with E-state index < -0.39 is 23.9 Å². The van der Waals surface area contributed by atoms with Crippen LogP contribution in [0.25, 0.3) is 0 Å². The maximum Gasteiger partial charge on any atom is 0.402 e. The molecule has 0 radical (unpaired) electrons. The fourth-order valence-corrected chi connectivity index (χ4v) is 3.76. The Bertz CT molecular complexity index is 1040. The van der Waals surface area contributed by atoms with Crippen molar-refractivity contribution in [2.75, 3.05) is 20.7 Å². The molecule has 0 N–H and O–H groups in total. The second-order valence-electron chi connectivity index (χ2n) is 7.04. The number of furan rings is 1. The molecule has 2 aliphatic heterocycles. The standard InChI is InChI=1S/C19H22N5O5/c1-11-12(2)24-15-16(20-18(24)23(11)10-13-6-5-9-29-13)21(3)19(27)22(17(15)26)8-7-14(25)28-4/h5-6,9,15H,7-8,10H2,1-4H3/q+1. The second-order valence-corrected chi connectivity index (χ2v) is 7.04. The second kappa shape index (κ2) is 6.87.